The molecule has 1 N–H and O–H groups in total. The van der Waals surface area contributed by atoms with Crippen LogP contribution < -0.4 is 5.32 Å². The van der Waals surface area contributed by atoms with Crippen molar-refractivity contribution >= 4 is 18.3 Å². The standard InChI is InChI=1S/C13H22N2O2.ClH/c16-12(8-14-7-11-1-2-11)15-5-3-13(9-15)4-6-17-10-13;/h11,14H,1-10H2;1H. The van der Waals surface area contributed by atoms with Gasteiger partial charge in [0.2, 0.25) is 5.91 Å². The Hall–Kier alpha value is -0.320. The van der Waals surface area contributed by atoms with Gasteiger partial charge in [-0.05, 0) is 38.1 Å². The third-order valence-electron chi connectivity index (χ3n) is 4.38. The highest BCUT2D eigenvalue weighted by Crippen LogP contribution is 2.38. The lowest BCUT2D eigenvalue weighted by atomic mass is 9.87. The van der Waals surface area contributed by atoms with Crippen molar-refractivity contribution in [1.29, 1.82) is 0 Å². The fourth-order valence-electron chi connectivity index (χ4n) is 2.94. The van der Waals surface area contributed by atoms with Crippen LogP contribution in [0.3, 0.4) is 0 Å². The summed E-state index contributed by atoms with van der Waals surface area (Å²) in [5, 5.41) is 3.28. The van der Waals surface area contributed by atoms with Crippen molar-refractivity contribution in [2.75, 3.05) is 39.4 Å². The smallest absolute Gasteiger partial charge is 0.236 e. The molecule has 2 heterocycles. The molecule has 18 heavy (non-hydrogen) atoms. The molecule has 104 valence electrons. The zero-order valence-electron chi connectivity index (χ0n) is 10.8. The molecule has 1 aliphatic carbocycles. The Kier molecular flexibility index (Phi) is 4.51. The van der Waals surface area contributed by atoms with E-state index in [1.54, 1.807) is 0 Å². The Balaban J connectivity index is 0.00000120. The molecule has 3 rings (SSSR count). The summed E-state index contributed by atoms with van der Waals surface area (Å²) in [6, 6.07) is 0. The van der Waals surface area contributed by atoms with E-state index >= 15 is 0 Å². The van der Waals surface area contributed by atoms with Gasteiger partial charge >= 0.3 is 0 Å². The maximum Gasteiger partial charge on any atom is 0.236 e. The lowest BCUT2D eigenvalue weighted by molar-refractivity contribution is -0.129. The van der Waals surface area contributed by atoms with Gasteiger partial charge in [-0.1, -0.05) is 0 Å². The Morgan fingerprint density at radius 1 is 1.39 bits per heavy atom. The van der Waals surface area contributed by atoms with Crippen LogP contribution in [0.2, 0.25) is 0 Å². The Labute approximate surface area is 115 Å². The molecule has 3 aliphatic rings. The molecule has 1 spiro atoms. The van der Waals surface area contributed by atoms with Crippen LogP contribution in [0.4, 0.5) is 0 Å². The molecule has 1 saturated carbocycles. The summed E-state index contributed by atoms with van der Waals surface area (Å²) >= 11 is 0. The van der Waals surface area contributed by atoms with Crippen molar-refractivity contribution in [2.45, 2.75) is 25.7 Å². The molecule has 0 aromatic heterocycles. The molecule has 1 unspecified atom stereocenters. The number of rotatable bonds is 4. The number of hydrogen-bond donors (Lipinski definition) is 1. The average Bonchev–Trinajstić information content (AvgIpc) is 2.90. The zero-order valence-corrected chi connectivity index (χ0v) is 11.6. The highest BCUT2D eigenvalue weighted by atomic mass is 35.5. The Bertz CT molecular complexity index is 301. The number of carbonyl (C=O) groups excluding carboxylic acids is 1. The fourth-order valence-corrected chi connectivity index (χ4v) is 2.94. The third-order valence-corrected chi connectivity index (χ3v) is 4.38. The number of hydrogen-bond acceptors (Lipinski definition) is 3. The number of halogens is 1. The van der Waals surface area contributed by atoms with E-state index in [9.17, 15) is 4.79 Å². The summed E-state index contributed by atoms with van der Waals surface area (Å²) < 4.78 is 5.48. The molecule has 2 saturated heterocycles. The van der Waals surface area contributed by atoms with Crippen molar-refractivity contribution in [3.63, 3.8) is 0 Å². The maximum absolute atomic E-state index is 12.0. The van der Waals surface area contributed by atoms with Crippen LogP contribution in [-0.2, 0) is 9.53 Å². The summed E-state index contributed by atoms with van der Waals surface area (Å²) in [5.74, 6) is 1.12. The van der Waals surface area contributed by atoms with Crippen molar-refractivity contribution in [2.24, 2.45) is 11.3 Å². The third kappa shape index (κ3) is 3.16. The summed E-state index contributed by atoms with van der Waals surface area (Å²) in [6.45, 7) is 5.11. The minimum absolute atomic E-state index is 0. The van der Waals surface area contributed by atoms with Crippen LogP contribution in [-0.4, -0.2) is 50.2 Å². The maximum atomic E-state index is 12.0. The van der Waals surface area contributed by atoms with E-state index < -0.39 is 0 Å². The molecule has 3 fully saturated rings. The summed E-state index contributed by atoms with van der Waals surface area (Å²) in [6.07, 6.45) is 4.93. The molecule has 1 amide bonds. The van der Waals surface area contributed by atoms with Crippen molar-refractivity contribution < 1.29 is 9.53 Å². The van der Waals surface area contributed by atoms with Gasteiger partial charge in [-0.2, -0.15) is 0 Å². The highest BCUT2D eigenvalue weighted by molar-refractivity contribution is 5.85. The lowest BCUT2D eigenvalue weighted by Crippen LogP contribution is -2.38. The molecule has 2 aliphatic heterocycles. The highest BCUT2D eigenvalue weighted by Gasteiger charge is 2.42. The normalized spacial score (nSPS) is 30.8. The molecule has 4 nitrogen and oxygen atoms in total. The molecular formula is C13H23ClN2O2. The van der Waals surface area contributed by atoms with Gasteiger partial charge in [0.1, 0.15) is 0 Å². The quantitative estimate of drug-likeness (QED) is 0.833. The first-order chi connectivity index (χ1) is 8.27. The van der Waals surface area contributed by atoms with E-state index in [-0.39, 0.29) is 18.3 Å². The number of amides is 1. The summed E-state index contributed by atoms with van der Waals surface area (Å²) in [5.41, 5.74) is 0.298. The SMILES string of the molecule is Cl.O=C(CNCC1CC1)N1CCC2(CCOC2)C1. The van der Waals surface area contributed by atoms with E-state index in [1.807, 2.05) is 4.90 Å². The first kappa shape index (κ1) is 14.1. The number of nitrogens with zero attached hydrogens (tertiary/aromatic N) is 1. The average molecular weight is 275 g/mol. The molecule has 0 bridgehead atoms. The van der Waals surface area contributed by atoms with Gasteiger partial charge < -0.3 is 15.0 Å². The number of likely N-dealkylation sites (tertiary alicyclic amines) is 1. The first-order valence-electron chi connectivity index (χ1n) is 6.84. The second-order valence-corrected chi connectivity index (χ2v) is 5.94. The minimum atomic E-state index is 0. The number of ether oxygens (including phenoxy) is 1. The molecule has 0 radical (unpaired) electrons. The van der Waals surface area contributed by atoms with E-state index in [4.69, 9.17) is 4.74 Å². The van der Waals surface area contributed by atoms with Gasteiger partial charge in [0.15, 0.2) is 0 Å². The zero-order chi connectivity index (χ0) is 11.7. The van der Waals surface area contributed by atoms with Crippen molar-refractivity contribution in [3.8, 4) is 0 Å². The fraction of sp³-hybridized carbons (Fsp3) is 0.923. The van der Waals surface area contributed by atoms with Crippen molar-refractivity contribution in [1.82, 2.24) is 10.2 Å². The van der Waals surface area contributed by atoms with Gasteiger partial charge in [-0.25, -0.2) is 0 Å². The van der Waals surface area contributed by atoms with E-state index in [0.717, 1.165) is 51.6 Å². The van der Waals surface area contributed by atoms with Crippen molar-refractivity contribution in [3.05, 3.63) is 0 Å². The lowest BCUT2D eigenvalue weighted by Gasteiger charge is -2.22. The second kappa shape index (κ2) is 5.76. The van der Waals surface area contributed by atoms with Crippen LogP contribution in [0.5, 0.6) is 0 Å². The number of nitrogens with one attached hydrogen (secondary N) is 1. The minimum Gasteiger partial charge on any atom is -0.381 e. The van der Waals surface area contributed by atoms with Crippen LogP contribution in [0, 0.1) is 11.3 Å². The predicted octanol–water partition coefficient (Wildman–Crippen LogP) is 1.05. The van der Waals surface area contributed by atoms with Gasteiger partial charge in [-0.3, -0.25) is 4.79 Å². The van der Waals surface area contributed by atoms with Gasteiger partial charge in [0.25, 0.3) is 0 Å². The Morgan fingerprint density at radius 2 is 2.22 bits per heavy atom. The second-order valence-electron chi connectivity index (χ2n) is 5.94. The molecule has 1 atom stereocenters. The molecule has 5 heteroatoms. The number of carbonyl (C=O) groups is 1. The monoisotopic (exact) mass is 274 g/mol. The largest absolute Gasteiger partial charge is 0.381 e. The van der Waals surface area contributed by atoms with E-state index in [0.29, 0.717) is 12.0 Å². The molecular weight excluding hydrogens is 252 g/mol. The van der Waals surface area contributed by atoms with E-state index in [1.165, 1.54) is 12.8 Å². The summed E-state index contributed by atoms with van der Waals surface area (Å²) in [4.78, 5) is 14.0. The van der Waals surface area contributed by atoms with Crippen LogP contribution in [0.15, 0.2) is 0 Å². The summed E-state index contributed by atoms with van der Waals surface area (Å²) in [7, 11) is 0. The van der Waals surface area contributed by atoms with Gasteiger partial charge in [0, 0.05) is 25.1 Å². The van der Waals surface area contributed by atoms with Crippen LogP contribution >= 0.6 is 12.4 Å². The van der Waals surface area contributed by atoms with Gasteiger partial charge in [-0.15, -0.1) is 12.4 Å². The Morgan fingerprint density at radius 3 is 2.89 bits per heavy atom. The van der Waals surface area contributed by atoms with Gasteiger partial charge in [0.05, 0.1) is 13.2 Å². The first-order valence-corrected chi connectivity index (χ1v) is 6.84. The van der Waals surface area contributed by atoms with Crippen LogP contribution in [0.1, 0.15) is 25.7 Å². The molecule has 0 aromatic carbocycles. The van der Waals surface area contributed by atoms with E-state index in [2.05, 4.69) is 5.32 Å². The topological polar surface area (TPSA) is 41.6 Å². The molecule has 0 aromatic rings. The predicted molar refractivity (Wildman–Crippen MR) is 71.9 cm³/mol. The van der Waals surface area contributed by atoms with Crippen LogP contribution in [0.25, 0.3) is 0 Å².